The Balaban J connectivity index is 2.34. The lowest BCUT2D eigenvalue weighted by atomic mass is 10.2. The predicted octanol–water partition coefficient (Wildman–Crippen LogP) is 1.02. The second-order valence-electron chi connectivity index (χ2n) is 3.77. The van der Waals surface area contributed by atoms with Crippen LogP contribution >= 0.6 is 0 Å². The van der Waals surface area contributed by atoms with Gasteiger partial charge in [-0.15, -0.1) is 0 Å². The molecule has 8 nitrogen and oxygen atoms in total. The zero-order valence-electron chi connectivity index (χ0n) is 9.48. The number of fused-ring (bicyclic) bond motifs is 1. The van der Waals surface area contributed by atoms with Crippen molar-refractivity contribution in [2.24, 2.45) is 0 Å². The number of aromatic amines is 1. The summed E-state index contributed by atoms with van der Waals surface area (Å²) in [4.78, 5) is 33.1. The highest BCUT2D eigenvalue weighted by molar-refractivity contribution is 5.69. The predicted molar refractivity (Wildman–Crippen MR) is 66.1 cm³/mol. The molecule has 94 valence electrons. The third-order valence-corrected chi connectivity index (χ3v) is 2.69. The lowest BCUT2D eigenvalue weighted by Gasteiger charge is -2.05. The number of aromatic nitrogens is 4. The van der Waals surface area contributed by atoms with Gasteiger partial charge >= 0.3 is 0 Å². The second-order valence-corrected chi connectivity index (χ2v) is 3.77. The molecule has 2 aromatic heterocycles. The van der Waals surface area contributed by atoms with Gasteiger partial charge in [0.2, 0.25) is 0 Å². The van der Waals surface area contributed by atoms with E-state index in [-0.39, 0.29) is 22.5 Å². The molecule has 0 spiro atoms. The van der Waals surface area contributed by atoms with E-state index in [1.807, 2.05) is 0 Å². The molecule has 2 heterocycles. The number of hydrogen-bond donors (Lipinski definition) is 1. The largest absolute Gasteiger partial charge is 0.339 e. The highest BCUT2D eigenvalue weighted by atomic mass is 16.6. The van der Waals surface area contributed by atoms with E-state index in [1.54, 1.807) is 6.07 Å². The minimum atomic E-state index is -0.543. The van der Waals surface area contributed by atoms with E-state index in [4.69, 9.17) is 0 Å². The van der Waals surface area contributed by atoms with Gasteiger partial charge in [-0.05, 0) is 6.07 Å². The Morgan fingerprint density at radius 1 is 1.26 bits per heavy atom. The first-order valence-electron chi connectivity index (χ1n) is 5.33. The van der Waals surface area contributed by atoms with Crippen molar-refractivity contribution in [2.75, 3.05) is 0 Å². The zero-order chi connectivity index (χ0) is 13.4. The van der Waals surface area contributed by atoms with Gasteiger partial charge in [-0.25, -0.2) is 9.97 Å². The van der Waals surface area contributed by atoms with E-state index < -0.39 is 10.5 Å². The summed E-state index contributed by atoms with van der Waals surface area (Å²) < 4.78 is 1.12. The van der Waals surface area contributed by atoms with E-state index in [0.717, 1.165) is 4.57 Å². The van der Waals surface area contributed by atoms with Crippen LogP contribution in [0.5, 0.6) is 0 Å². The van der Waals surface area contributed by atoms with E-state index in [9.17, 15) is 14.9 Å². The van der Waals surface area contributed by atoms with Crippen LogP contribution in [0.1, 0.15) is 0 Å². The van der Waals surface area contributed by atoms with Crippen molar-refractivity contribution in [1.82, 2.24) is 19.5 Å². The third-order valence-electron chi connectivity index (χ3n) is 2.69. The summed E-state index contributed by atoms with van der Waals surface area (Å²) >= 11 is 0. The van der Waals surface area contributed by atoms with Gasteiger partial charge in [0.25, 0.3) is 11.2 Å². The molecule has 3 rings (SSSR count). The molecule has 1 N–H and O–H groups in total. The Hall–Kier alpha value is -3.03. The number of H-pyrrole nitrogens is 1. The maximum absolute atomic E-state index is 12.2. The van der Waals surface area contributed by atoms with Crippen LogP contribution in [0.15, 0.2) is 41.7 Å². The monoisotopic (exact) mass is 257 g/mol. The number of hydrogen-bond acceptors (Lipinski definition) is 5. The van der Waals surface area contributed by atoms with Crippen molar-refractivity contribution in [2.45, 2.75) is 0 Å². The Labute approximate surface area is 105 Å². The average Bonchev–Trinajstić information content (AvgIpc) is 2.88. The van der Waals surface area contributed by atoms with Gasteiger partial charge in [-0.2, -0.15) is 0 Å². The van der Waals surface area contributed by atoms with Crippen molar-refractivity contribution in [3.05, 3.63) is 57.4 Å². The van der Waals surface area contributed by atoms with Crippen molar-refractivity contribution in [1.29, 1.82) is 0 Å². The van der Waals surface area contributed by atoms with Gasteiger partial charge in [-0.1, -0.05) is 12.1 Å². The first-order valence-corrected chi connectivity index (χ1v) is 5.33. The molecule has 0 aliphatic heterocycles. The van der Waals surface area contributed by atoms with Crippen LogP contribution in [0.3, 0.4) is 0 Å². The summed E-state index contributed by atoms with van der Waals surface area (Å²) in [6, 6.07) is 5.98. The molecule has 0 unspecified atom stereocenters. The smallest absolute Gasteiger partial charge is 0.293 e. The summed E-state index contributed by atoms with van der Waals surface area (Å²) in [6.45, 7) is 0. The molecule has 0 bridgehead atoms. The van der Waals surface area contributed by atoms with Crippen LogP contribution in [-0.4, -0.2) is 24.4 Å². The SMILES string of the molecule is O=c1c2[nH]cnc2ncn1-c1ccccc1[N+](=O)[O-]. The molecular weight excluding hydrogens is 250 g/mol. The van der Waals surface area contributed by atoms with E-state index in [1.165, 1.54) is 30.9 Å². The van der Waals surface area contributed by atoms with E-state index in [0.29, 0.717) is 0 Å². The van der Waals surface area contributed by atoms with Crippen LogP contribution in [0, 0.1) is 10.1 Å². The minimum Gasteiger partial charge on any atom is -0.339 e. The van der Waals surface area contributed by atoms with Crippen molar-refractivity contribution in [3.63, 3.8) is 0 Å². The summed E-state index contributed by atoms with van der Waals surface area (Å²) in [7, 11) is 0. The highest BCUT2D eigenvalue weighted by Gasteiger charge is 2.16. The molecule has 3 aromatic rings. The molecule has 0 atom stereocenters. The number of nitro groups is 1. The van der Waals surface area contributed by atoms with Crippen molar-refractivity contribution < 1.29 is 4.92 Å². The van der Waals surface area contributed by atoms with E-state index >= 15 is 0 Å². The molecule has 8 heteroatoms. The second kappa shape index (κ2) is 4.02. The van der Waals surface area contributed by atoms with Gasteiger partial charge in [0, 0.05) is 6.07 Å². The highest BCUT2D eigenvalue weighted by Crippen LogP contribution is 2.20. The fourth-order valence-electron chi connectivity index (χ4n) is 1.82. The summed E-state index contributed by atoms with van der Waals surface area (Å²) in [5.74, 6) is 0. The van der Waals surface area contributed by atoms with Crippen LogP contribution < -0.4 is 5.56 Å². The summed E-state index contributed by atoms with van der Waals surface area (Å²) in [5, 5.41) is 11.0. The van der Waals surface area contributed by atoms with Crippen LogP contribution in [0.4, 0.5) is 5.69 Å². The summed E-state index contributed by atoms with van der Waals surface area (Å²) in [5.41, 5.74) is 0.0593. The molecular formula is C11H7N5O3. The fourth-order valence-corrected chi connectivity index (χ4v) is 1.82. The summed E-state index contributed by atoms with van der Waals surface area (Å²) in [6.07, 6.45) is 2.58. The van der Waals surface area contributed by atoms with Crippen LogP contribution in [-0.2, 0) is 0 Å². The topological polar surface area (TPSA) is 107 Å². The molecule has 0 amide bonds. The lowest BCUT2D eigenvalue weighted by Crippen LogP contribution is -2.19. The molecule has 0 saturated heterocycles. The van der Waals surface area contributed by atoms with E-state index in [2.05, 4.69) is 15.0 Å². The van der Waals surface area contributed by atoms with Crippen molar-refractivity contribution in [3.8, 4) is 5.69 Å². The van der Waals surface area contributed by atoms with Gasteiger partial charge in [0.15, 0.2) is 11.2 Å². The first-order chi connectivity index (χ1) is 9.18. The number of nitrogens with zero attached hydrogens (tertiary/aromatic N) is 4. The van der Waals surface area contributed by atoms with Gasteiger partial charge in [0.05, 0.1) is 11.3 Å². The third kappa shape index (κ3) is 1.66. The van der Waals surface area contributed by atoms with Gasteiger partial charge in [0.1, 0.15) is 12.0 Å². The fraction of sp³-hybridized carbons (Fsp3) is 0. The Morgan fingerprint density at radius 3 is 2.84 bits per heavy atom. The van der Waals surface area contributed by atoms with Gasteiger partial charge in [-0.3, -0.25) is 19.5 Å². The normalized spacial score (nSPS) is 10.7. The average molecular weight is 257 g/mol. The zero-order valence-corrected chi connectivity index (χ0v) is 9.48. The Kier molecular flexibility index (Phi) is 2.34. The molecule has 0 aliphatic rings. The maximum atomic E-state index is 12.2. The number of imidazole rings is 1. The number of benzene rings is 1. The Bertz CT molecular complexity index is 835. The van der Waals surface area contributed by atoms with Crippen LogP contribution in [0.25, 0.3) is 16.9 Å². The van der Waals surface area contributed by atoms with Crippen molar-refractivity contribution >= 4 is 16.9 Å². The molecule has 0 fully saturated rings. The molecule has 19 heavy (non-hydrogen) atoms. The molecule has 1 aromatic carbocycles. The maximum Gasteiger partial charge on any atom is 0.293 e. The molecule has 0 aliphatic carbocycles. The number of rotatable bonds is 2. The Morgan fingerprint density at radius 2 is 2.05 bits per heavy atom. The number of para-hydroxylation sites is 2. The molecule has 0 radical (unpaired) electrons. The quantitative estimate of drug-likeness (QED) is 0.544. The molecule has 0 saturated carbocycles. The minimum absolute atomic E-state index is 0.162. The number of nitro benzene ring substituents is 1. The van der Waals surface area contributed by atoms with Crippen LogP contribution in [0.2, 0.25) is 0 Å². The number of nitrogens with one attached hydrogen (secondary N) is 1. The van der Waals surface area contributed by atoms with Gasteiger partial charge < -0.3 is 4.98 Å². The standard InChI is InChI=1S/C11H7N5O3/c17-11-9-10(13-5-12-9)14-6-15(11)7-3-1-2-4-8(7)16(18)19/h1-6H,(H,12,13). The lowest BCUT2D eigenvalue weighted by molar-refractivity contribution is -0.384. The first kappa shape index (κ1) is 11.1.